The monoisotopic (exact) mass is 202 g/mol. The maximum absolute atomic E-state index is 5.45. The van der Waals surface area contributed by atoms with Gasteiger partial charge in [0.25, 0.3) is 0 Å². The summed E-state index contributed by atoms with van der Waals surface area (Å²) in [7, 11) is 0. The molecule has 2 nitrogen and oxygen atoms in total. The van der Waals surface area contributed by atoms with E-state index in [4.69, 9.17) is 5.73 Å². The molecular weight excluding hydrogens is 184 g/mol. The quantitative estimate of drug-likeness (QED) is 0.818. The van der Waals surface area contributed by atoms with E-state index in [9.17, 15) is 0 Å². The third kappa shape index (κ3) is 2.46. The Kier molecular flexibility index (Phi) is 3.67. The molecule has 15 heavy (non-hydrogen) atoms. The van der Waals surface area contributed by atoms with Crippen LogP contribution in [0.1, 0.15) is 42.3 Å². The molecule has 0 saturated heterocycles. The first-order valence-electron chi connectivity index (χ1n) is 5.12. The van der Waals surface area contributed by atoms with Crippen LogP contribution in [0.4, 0.5) is 0 Å². The molecule has 2 N–H and O–H groups in total. The van der Waals surface area contributed by atoms with Crippen LogP contribution in [0, 0.1) is 6.92 Å². The lowest BCUT2D eigenvalue weighted by Crippen LogP contribution is -2.00. The van der Waals surface area contributed by atoms with Gasteiger partial charge in [0, 0.05) is 11.3 Å². The van der Waals surface area contributed by atoms with Gasteiger partial charge in [-0.25, -0.2) is 0 Å². The molecule has 0 unspecified atom stereocenters. The topological polar surface area (TPSA) is 38.9 Å². The summed E-state index contributed by atoms with van der Waals surface area (Å²) in [6, 6.07) is 2.10. The SMILES string of the molecule is C=Cc1nc(C)cc(C(C)C)c1/C=C/N. The summed E-state index contributed by atoms with van der Waals surface area (Å²) in [4.78, 5) is 4.43. The third-order valence-electron chi connectivity index (χ3n) is 2.33. The van der Waals surface area contributed by atoms with E-state index in [1.54, 1.807) is 12.3 Å². The van der Waals surface area contributed by atoms with Crippen LogP contribution in [0.25, 0.3) is 12.2 Å². The fourth-order valence-corrected chi connectivity index (χ4v) is 1.64. The second-order valence-electron chi connectivity index (χ2n) is 3.87. The predicted octanol–water partition coefficient (Wildman–Crippen LogP) is 3.09. The van der Waals surface area contributed by atoms with Gasteiger partial charge in [0.05, 0.1) is 5.69 Å². The molecule has 0 bridgehead atoms. The molecule has 1 aromatic rings. The van der Waals surface area contributed by atoms with Gasteiger partial charge in [-0.15, -0.1) is 0 Å². The van der Waals surface area contributed by atoms with Gasteiger partial charge in [0.1, 0.15) is 0 Å². The summed E-state index contributed by atoms with van der Waals surface area (Å²) in [5.74, 6) is 0.455. The minimum atomic E-state index is 0.455. The van der Waals surface area contributed by atoms with Crippen molar-refractivity contribution in [2.24, 2.45) is 5.73 Å². The van der Waals surface area contributed by atoms with Gasteiger partial charge in [-0.05, 0) is 42.8 Å². The zero-order valence-electron chi connectivity index (χ0n) is 9.62. The number of aromatic nitrogens is 1. The van der Waals surface area contributed by atoms with Crippen molar-refractivity contribution in [1.29, 1.82) is 0 Å². The van der Waals surface area contributed by atoms with Gasteiger partial charge < -0.3 is 5.73 Å². The van der Waals surface area contributed by atoms with Crippen molar-refractivity contribution in [3.63, 3.8) is 0 Å². The molecule has 0 saturated carbocycles. The van der Waals surface area contributed by atoms with Gasteiger partial charge in [-0.3, -0.25) is 4.98 Å². The second-order valence-corrected chi connectivity index (χ2v) is 3.87. The molecule has 0 amide bonds. The fourth-order valence-electron chi connectivity index (χ4n) is 1.64. The fraction of sp³-hybridized carbons (Fsp3) is 0.308. The Morgan fingerprint density at radius 2 is 2.13 bits per heavy atom. The van der Waals surface area contributed by atoms with Crippen LogP contribution in [0.5, 0.6) is 0 Å². The zero-order chi connectivity index (χ0) is 11.4. The van der Waals surface area contributed by atoms with E-state index in [1.807, 2.05) is 13.0 Å². The summed E-state index contributed by atoms with van der Waals surface area (Å²) in [5.41, 5.74) is 9.71. The minimum Gasteiger partial charge on any atom is -0.405 e. The Balaban J connectivity index is 3.46. The van der Waals surface area contributed by atoms with E-state index in [1.165, 1.54) is 5.56 Å². The first kappa shape index (κ1) is 11.5. The van der Waals surface area contributed by atoms with Gasteiger partial charge in [0.15, 0.2) is 0 Å². The highest BCUT2D eigenvalue weighted by atomic mass is 14.7. The average molecular weight is 202 g/mol. The van der Waals surface area contributed by atoms with Gasteiger partial charge >= 0.3 is 0 Å². The van der Waals surface area contributed by atoms with Crippen molar-refractivity contribution < 1.29 is 0 Å². The number of nitrogens with two attached hydrogens (primary N) is 1. The molecule has 80 valence electrons. The molecule has 0 atom stereocenters. The minimum absolute atomic E-state index is 0.455. The number of rotatable bonds is 3. The lowest BCUT2D eigenvalue weighted by atomic mass is 9.95. The van der Waals surface area contributed by atoms with Crippen LogP contribution in [0.15, 0.2) is 18.8 Å². The molecule has 1 heterocycles. The third-order valence-corrected chi connectivity index (χ3v) is 2.33. The molecule has 0 fully saturated rings. The predicted molar refractivity (Wildman–Crippen MR) is 66.4 cm³/mol. The molecule has 0 aliphatic carbocycles. The van der Waals surface area contributed by atoms with Crippen molar-refractivity contribution >= 4 is 12.2 Å². The smallest absolute Gasteiger partial charge is 0.0702 e. The van der Waals surface area contributed by atoms with Crippen molar-refractivity contribution in [2.75, 3.05) is 0 Å². The van der Waals surface area contributed by atoms with Crippen LogP contribution in [-0.2, 0) is 0 Å². The normalized spacial score (nSPS) is 11.2. The highest BCUT2D eigenvalue weighted by Crippen LogP contribution is 2.24. The highest BCUT2D eigenvalue weighted by Gasteiger charge is 2.09. The van der Waals surface area contributed by atoms with E-state index in [2.05, 4.69) is 31.5 Å². The van der Waals surface area contributed by atoms with E-state index in [0.717, 1.165) is 17.0 Å². The molecule has 0 spiro atoms. The largest absolute Gasteiger partial charge is 0.405 e. The Labute approximate surface area is 91.5 Å². The zero-order valence-corrected chi connectivity index (χ0v) is 9.62. The van der Waals surface area contributed by atoms with Crippen molar-refractivity contribution in [3.8, 4) is 0 Å². The van der Waals surface area contributed by atoms with Crippen LogP contribution >= 0.6 is 0 Å². The first-order valence-corrected chi connectivity index (χ1v) is 5.12. The molecular formula is C13H18N2. The Morgan fingerprint density at radius 3 is 2.60 bits per heavy atom. The van der Waals surface area contributed by atoms with E-state index in [0.29, 0.717) is 5.92 Å². The molecule has 0 aliphatic rings. The number of hydrogen-bond donors (Lipinski definition) is 1. The molecule has 2 heteroatoms. The molecule has 1 rings (SSSR count). The average Bonchev–Trinajstić information content (AvgIpc) is 2.19. The summed E-state index contributed by atoms with van der Waals surface area (Å²) < 4.78 is 0. The molecule has 0 radical (unpaired) electrons. The van der Waals surface area contributed by atoms with Crippen molar-refractivity contribution in [2.45, 2.75) is 26.7 Å². The molecule has 0 aromatic carbocycles. The van der Waals surface area contributed by atoms with Crippen molar-refractivity contribution in [1.82, 2.24) is 4.98 Å². The van der Waals surface area contributed by atoms with E-state index in [-0.39, 0.29) is 0 Å². The van der Waals surface area contributed by atoms with E-state index < -0.39 is 0 Å². The van der Waals surface area contributed by atoms with Crippen LogP contribution in [-0.4, -0.2) is 4.98 Å². The lowest BCUT2D eigenvalue weighted by molar-refractivity contribution is 0.855. The number of nitrogens with zero attached hydrogens (tertiary/aromatic N) is 1. The summed E-state index contributed by atoms with van der Waals surface area (Å²) >= 11 is 0. The first-order chi connectivity index (χ1) is 7.10. The van der Waals surface area contributed by atoms with Crippen LogP contribution in [0.3, 0.4) is 0 Å². The molecule has 1 aromatic heterocycles. The number of hydrogen-bond acceptors (Lipinski definition) is 2. The highest BCUT2D eigenvalue weighted by molar-refractivity contribution is 5.65. The second kappa shape index (κ2) is 4.78. The van der Waals surface area contributed by atoms with Crippen LogP contribution < -0.4 is 5.73 Å². The Hall–Kier alpha value is -1.57. The Morgan fingerprint density at radius 1 is 1.47 bits per heavy atom. The summed E-state index contributed by atoms with van der Waals surface area (Å²) in [6.45, 7) is 10.1. The van der Waals surface area contributed by atoms with Gasteiger partial charge in [-0.2, -0.15) is 0 Å². The van der Waals surface area contributed by atoms with Crippen LogP contribution in [0.2, 0.25) is 0 Å². The number of pyridine rings is 1. The summed E-state index contributed by atoms with van der Waals surface area (Å²) in [5, 5.41) is 0. The molecule has 0 aliphatic heterocycles. The van der Waals surface area contributed by atoms with Gasteiger partial charge in [0.2, 0.25) is 0 Å². The van der Waals surface area contributed by atoms with Gasteiger partial charge in [-0.1, -0.05) is 20.4 Å². The Bertz CT molecular complexity index is 390. The maximum atomic E-state index is 5.45. The summed E-state index contributed by atoms with van der Waals surface area (Å²) in [6.07, 6.45) is 5.21. The maximum Gasteiger partial charge on any atom is 0.0702 e. The van der Waals surface area contributed by atoms with Crippen molar-refractivity contribution in [3.05, 3.63) is 41.4 Å². The van der Waals surface area contributed by atoms with E-state index >= 15 is 0 Å². The standard InChI is InChI=1S/C13H18N2/c1-5-13-11(6-7-14)12(9(2)3)8-10(4)15-13/h5-9H,1,14H2,2-4H3/b7-6+. The lowest BCUT2D eigenvalue weighted by Gasteiger charge is -2.13. The number of aryl methyl sites for hydroxylation is 1.